The number of fused-ring (bicyclic) bond motifs is 1. The molecule has 1 aromatic rings. The zero-order valence-electron chi connectivity index (χ0n) is 13.2. The van der Waals surface area contributed by atoms with Crippen molar-refractivity contribution in [3.8, 4) is 0 Å². The molecule has 2 aliphatic rings. The second-order valence-corrected chi connectivity index (χ2v) is 6.95. The first-order chi connectivity index (χ1) is 11.0. The SMILES string of the molecule is CN1CCC[C@]2(C(=O)O)CCN(C(=O)c3ccccc3Cl)C[C@@H]12. The van der Waals surface area contributed by atoms with Crippen LogP contribution >= 0.6 is 11.6 Å². The number of hydrogen-bond donors (Lipinski definition) is 1. The largest absolute Gasteiger partial charge is 0.481 e. The van der Waals surface area contributed by atoms with Crippen molar-refractivity contribution in [3.63, 3.8) is 0 Å². The molecule has 124 valence electrons. The minimum absolute atomic E-state index is 0.117. The van der Waals surface area contributed by atoms with Gasteiger partial charge in [-0.15, -0.1) is 0 Å². The minimum atomic E-state index is -0.737. The van der Waals surface area contributed by atoms with E-state index in [1.807, 2.05) is 7.05 Å². The molecule has 3 rings (SSSR count). The van der Waals surface area contributed by atoms with Gasteiger partial charge in [-0.2, -0.15) is 0 Å². The fourth-order valence-corrected chi connectivity index (χ4v) is 4.19. The number of halogens is 1. The first-order valence-corrected chi connectivity index (χ1v) is 8.31. The van der Waals surface area contributed by atoms with Crippen molar-refractivity contribution < 1.29 is 14.7 Å². The van der Waals surface area contributed by atoms with E-state index in [-0.39, 0.29) is 11.9 Å². The third-order valence-electron chi connectivity index (χ3n) is 5.34. The van der Waals surface area contributed by atoms with Gasteiger partial charge in [-0.05, 0) is 45.0 Å². The van der Waals surface area contributed by atoms with Gasteiger partial charge >= 0.3 is 5.97 Å². The number of piperidine rings is 2. The van der Waals surface area contributed by atoms with E-state index >= 15 is 0 Å². The van der Waals surface area contributed by atoms with Crippen LogP contribution in [-0.2, 0) is 4.79 Å². The maximum atomic E-state index is 12.8. The third-order valence-corrected chi connectivity index (χ3v) is 5.67. The first kappa shape index (κ1) is 16.3. The van der Waals surface area contributed by atoms with E-state index in [0.29, 0.717) is 36.5 Å². The Labute approximate surface area is 140 Å². The topological polar surface area (TPSA) is 60.9 Å². The summed E-state index contributed by atoms with van der Waals surface area (Å²) in [6.07, 6.45) is 2.07. The number of carboxylic acids is 1. The number of amides is 1. The quantitative estimate of drug-likeness (QED) is 0.900. The Morgan fingerprint density at radius 2 is 2.00 bits per heavy atom. The van der Waals surface area contributed by atoms with E-state index in [9.17, 15) is 14.7 Å². The molecule has 5 nitrogen and oxygen atoms in total. The second-order valence-electron chi connectivity index (χ2n) is 6.54. The van der Waals surface area contributed by atoms with Gasteiger partial charge in [0.2, 0.25) is 0 Å². The van der Waals surface area contributed by atoms with Crippen LogP contribution in [0.1, 0.15) is 29.6 Å². The molecule has 0 bridgehead atoms. The number of likely N-dealkylation sites (N-methyl/N-ethyl adjacent to an activating group) is 1. The van der Waals surface area contributed by atoms with E-state index in [4.69, 9.17) is 11.6 Å². The summed E-state index contributed by atoms with van der Waals surface area (Å²) in [6, 6.07) is 6.85. The summed E-state index contributed by atoms with van der Waals surface area (Å²) in [5.74, 6) is -0.854. The fraction of sp³-hybridized carbons (Fsp3) is 0.529. The Kier molecular flexibility index (Phi) is 4.34. The highest BCUT2D eigenvalue weighted by Gasteiger charge is 2.52. The lowest BCUT2D eigenvalue weighted by Gasteiger charge is -2.51. The maximum Gasteiger partial charge on any atom is 0.311 e. The van der Waals surface area contributed by atoms with Gasteiger partial charge in [0.05, 0.1) is 16.0 Å². The zero-order valence-corrected chi connectivity index (χ0v) is 13.9. The van der Waals surface area contributed by atoms with Gasteiger partial charge in [-0.3, -0.25) is 9.59 Å². The lowest BCUT2D eigenvalue weighted by molar-refractivity contribution is -0.161. The maximum absolute atomic E-state index is 12.8. The van der Waals surface area contributed by atoms with Crippen LogP contribution in [-0.4, -0.2) is 59.5 Å². The number of rotatable bonds is 2. The van der Waals surface area contributed by atoms with Gasteiger partial charge in [-0.25, -0.2) is 0 Å². The predicted molar refractivity (Wildman–Crippen MR) is 87.7 cm³/mol. The van der Waals surface area contributed by atoms with E-state index in [1.165, 1.54) is 0 Å². The number of carboxylic acid groups (broad SMARTS) is 1. The van der Waals surface area contributed by atoms with Crippen molar-refractivity contribution in [1.29, 1.82) is 0 Å². The fourth-order valence-electron chi connectivity index (χ4n) is 3.97. The Balaban J connectivity index is 1.85. The number of nitrogens with zero attached hydrogens (tertiary/aromatic N) is 2. The number of aliphatic carboxylic acids is 1. The average molecular weight is 337 g/mol. The summed E-state index contributed by atoms with van der Waals surface area (Å²) < 4.78 is 0. The molecule has 1 aromatic carbocycles. The third kappa shape index (κ3) is 2.72. The van der Waals surface area contributed by atoms with Crippen molar-refractivity contribution in [3.05, 3.63) is 34.9 Å². The molecule has 6 heteroatoms. The molecule has 0 unspecified atom stereocenters. The number of hydrogen-bond acceptors (Lipinski definition) is 3. The summed E-state index contributed by atoms with van der Waals surface area (Å²) in [7, 11) is 1.95. The molecule has 23 heavy (non-hydrogen) atoms. The molecule has 2 fully saturated rings. The monoisotopic (exact) mass is 336 g/mol. The number of carbonyl (C=O) groups is 2. The highest BCUT2D eigenvalue weighted by Crippen LogP contribution is 2.42. The molecule has 0 radical (unpaired) electrons. The van der Waals surface area contributed by atoms with Gasteiger partial charge in [0, 0.05) is 19.1 Å². The molecule has 1 amide bonds. The normalized spacial score (nSPS) is 28.3. The number of benzene rings is 1. The first-order valence-electron chi connectivity index (χ1n) is 7.93. The minimum Gasteiger partial charge on any atom is -0.481 e. The van der Waals surface area contributed by atoms with Crippen LogP contribution in [0.3, 0.4) is 0 Å². The second kappa shape index (κ2) is 6.13. The van der Waals surface area contributed by atoms with E-state index < -0.39 is 11.4 Å². The molecule has 2 heterocycles. The smallest absolute Gasteiger partial charge is 0.311 e. The van der Waals surface area contributed by atoms with E-state index in [2.05, 4.69) is 4.90 Å². The van der Waals surface area contributed by atoms with Gasteiger partial charge in [0.15, 0.2) is 0 Å². The standard InChI is InChI=1S/C17H21ClN2O3/c1-19-9-4-7-17(16(22)23)8-10-20(11-14(17)19)15(21)12-5-2-3-6-13(12)18/h2-3,5-6,14H,4,7-11H2,1H3,(H,22,23)/t14-,17+/m1/s1. The summed E-state index contributed by atoms with van der Waals surface area (Å²) in [6.45, 7) is 1.77. The van der Waals surface area contributed by atoms with Crippen molar-refractivity contribution >= 4 is 23.5 Å². The van der Waals surface area contributed by atoms with Crippen molar-refractivity contribution in [2.24, 2.45) is 5.41 Å². The van der Waals surface area contributed by atoms with Crippen molar-refractivity contribution in [2.75, 3.05) is 26.7 Å². The number of carbonyl (C=O) groups excluding carboxylic acids is 1. The van der Waals surface area contributed by atoms with Crippen LogP contribution in [0.15, 0.2) is 24.3 Å². The lowest BCUT2D eigenvalue weighted by Crippen LogP contribution is -2.63. The molecule has 0 aliphatic carbocycles. The number of likely N-dealkylation sites (tertiary alicyclic amines) is 2. The average Bonchev–Trinajstić information content (AvgIpc) is 2.54. The van der Waals surface area contributed by atoms with Gasteiger partial charge in [0.1, 0.15) is 0 Å². The zero-order chi connectivity index (χ0) is 16.6. The van der Waals surface area contributed by atoms with Gasteiger partial charge < -0.3 is 14.9 Å². The van der Waals surface area contributed by atoms with Crippen molar-refractivity contribution in [2.45, 2.75) is 25.3 Å². The van der Waals surface area contributed by atoms with Crippen molar-refractivity contribution in [1.82, 2.24) is 9.80 Å². The molecule has 2 saturated heterocycles. The van der Waals surface area contributed by atoms with Crippen LogP contribution in [0.5, 0.6) is 0 Å². The Hall–Kier alpha value is -1.59. The predicted octanol–water partition coefficient (Wildman–Crippen LogP) is 2.35. The van der Waals surface area contributed by atoms with Gasteiger partial charge in [0.25, 0.3) is 5.91 Å². The molecule has 2 atom stereocenters. The Morgan fingerprint density at radius 1 is 1.26 bits per heavy atom. The van der Waals surface area contributed by atoms with E-state index in [1.54, 1.807) is 29.2 Å². The highest BCUT2D eigenvalue weighted by molar-refractivity contribution is 6.33. The van der Waals surface area contributed by atoms with Crippen LogP contribution in [0.2, 0.25) is 5.02 Å². The van der Waals surface area contributed by atoms with Gasteiger partial charge in [-0.1, -0.05) is 23.7 Å². The molecule has 0 spiro atoms. The molecule has 2 aliphatic heterocycles. The molecule has 0 aromatic heterocycles. The molecular weight excluding hydrogens is 316 g/mol. The van der Waals surface area contributed by atoms with Crippen LogP contribution < -0.4 is 0 Å². The molecule has 1 N–H and O–H groups in total. The summed E-state index contributed by atoms with van der Waals surface area (Å²) >= 11 is 6.13. The Bertz CT molecular complexity index is 636. The lowest BCUT2D eigenvalue weighted by atomic mass is 9.68. The van der Waals surface area contributed by atoms with E-state index in [0.717, 1.165) is 13.0 Å². The highest BCUT2D eigenvalue weighted by atomic mass is 35.5. The Morgan fingerprint density at radius 3 is 2.70 bits per heavy atom. The molecule has 0 saturated carbocycles. The summed E-state index contributed by atoms with van der Waals surface area (Å²) in [5, 5.41) is 10.2. The summed E-state index contributed by atoms with van der Waals surface area (Å²) in [4.78, 5) is 28.5. The van der Waals surface area contributed by atoms with Crippen LogP contribution in [0.25, 0.3) is 0 Å². The molecular formula is C17H21ClN2O3. The summed E-state index contributed by atoms with van der Waals surface area (Å²) in [5.41, 5.74) is -0.250. The van der Waals surface area contributed by atoms with Crippen LogP contribution in [0, 0.1) is 5.41 Å². The van der Waals surface area contributed by atoms with Crippen LogP contribution in [0.4, 0.5) is 0 Å².